The van der Waals surface area contributed by atoms with Gasteiger partial charge < -0.3 is 19.9 Å². The van der Waals surface area contributed by atoms with Crippen molar-refractivity contribution >= 4 is 39.1 Å². The summed E-state index contributed by atoms with van der Waals surface area (Å²) in [5, 5.41) is 13.7. The molecule has 136 valence electrons. The lowest BCUT2D eigenvalue weighted by atomic mass is 10.1. The van der Waals surface area contributed by atoms with Crippen LogP contribution in [0.4, 0.5) is 0 Å². The Hall–Kier alpha value is -0.980. The zero-order valence-corrected chi connectivity index (χ0v) is 17.1. The van der Waals surface area contributed by atoms with Gasteiger partial charge >= 0.3 is 0 Å². The van der Waals surface area contributed by atoms with Gasteiger partial charge in [-0.25, -0.2) is 0 Å². The van der Waals surface area contributed by atoms with Crippen molar-refractivity contribution < 1.29 is 14.6 Å². The normalized spacial score (nSPS) is 12.1. The predicted octanol–water partition coefficient (Wildman–Crippen LogP) is 4.81. The molecule has 0 aliphatic heterocycles. The summed E-state index contributed by atoms with van der Waals surface area (Å²) in [6, 6.07) is 9.03. The molecule has 2 N–H and O–H groups in total. The summed E-state index contributed by atoms with van der Waals surface area (Å²) in [7, 11) is 1.60. The van der Waals surface area contributed by atoms with Crippen molar-refractivity contribution in [2.75, 3.05) is 13.7 Å². The van der Waals surface area contributed by atoms with Gasteiger partial charge in [0.05, 0.1) is 13.2 Å². The average molecular weight is 449 g/mol. The topological polar surface area (TPSA) is 50.7 Å². The van der Waals surface area contributed by atoms with Gasteiger partial charge in [0.15, 0.2) is 11.5 Å². The largest absolute Gasteiger partial charge is 0.493 e. The molecule has 7 heteroatoms. The van der Waals surface area contributed by atoms with Crippen molar-refractivity contribution in [3.05, 3.63) is 56.0 Å². The highest BCUT2D eigenvalue weighted by molar-refractivity contribution is 9.10. The highest BCUT2D eigenvalue weighted by Crippen LogP contribution is 2.37. The number of hydrogen-bond acceptors (Lipinski definition) is 4. The molecular formula is C18H20BrCl2NO3. The summed E-state index contributed by atoms with van der Waals surface area (Å²) < 4.78 is 12.3. The standard InChI is InChI=1S/C18H20BrCl2NO3/c1-11(23)8-22-9-14-15(19)5-6-17(24-2)18(14)25-10-12-3-4-13(20)7-16(12)21/h3-7,11,22-23H,8-10H2,1-2H3. The third-order valence-corrected chi connectivity index (χ3v) is 4.85. The van der Waals surface area contributed by atoms with Gasteiger partial charge in [-0.2, -0.15) is 0 Å². The Balaban J connectivity index is 2.23. The smallest absolute Gasteiger partial charge is 0.167 e. The molecule has 4 nitrogen and oxygen atoms in total. The van der Waals surface area contributed by atoms with Crippen LogP contribution < -0.4 is 14.8 Å². The first-order valence-corrected chi connectivity index (χ1v) is 9.28. The van der Waals surface area contributed by atoms with Gasteiger partial charge in [-0.1, -0.05) is 45.2 Å². The van der Waals surface area contributed by atoms with Crippen LogP contribution in [0.25, 0.3) is 0 Å². The molecule has 0 aliphatic carbocycles. The molecule has 2 aromatic rings. The molecule has 1 atom stereocenters. The number of rotatable bonds is 8. The molecular weight excluding hydrogens is 429 g/mol. The first-order chi connectivity index (χ1) is 11.9. The second-order valence-corrected chi connectivity index (χ2v) is 7.26. The highest BCUT2D eigenvalue weighted by Gasteiger charge is 2.15. The Morgan fingerprint density at radius 3 is 2.64 bits per heavy atom. The maximum atomic E-state index is 9.42. The van der Waals surface area contributed by atoms with Crippen LogP contribution in [0.5, 0.6) is 11.5 Å². The maximum Gasteiger partial charge on any atom is 0.167 e. The van der Waals surface area contributed by atoms with Crippen LogP contribution in [0, 0.1) is 0 Å². The molecule has 2 aromatic carbocycles. The second kappa shape index (κ2) is 9.64. The summed E-state index contributed by atoms with van der Waals surface area (Å²) in [6.45, 7) is 3.01. The lowest BCUT2D eigenvalue weighted by Crippen LogP contribution is -2.24. The van der Waals surface area contributed by atoms with Crippen molar-refractivity contribution in [3.63, 3.8) is 0 Å². The van der Waals surface area contributed by atoms with E-state index in [1.54, 1.807) is 26.2 Å². The van der Waals surface area contributed by atoms with Crippen molar-refractivity contribution in [1.29, 1.82) is 0 Å². The minimum atomic E-state index is -0.429. The molecule has 0 saturated carbocycles. The minimum absolute atomic E-state index is 0.284. The van der Waals surface area contributed by atoms with Crippen LogP contribution in [0.1, 0.15) is 18.1 Å². The van der Waals surface area contributed by atoms with Crippen molar-refractivity contribution in [1.82, 2.24) is 5.32 Å². The van der Waals surface area contributed by atoms with E-state index in [0.717, 1.165) is 15.6 Å². The fraction of sp³-hybridized carbons (Fsp3) is 0.333. The van der Waals surface area contributed by atoms with E-state index in [2.05, 4.69) is 21.2 Å². The number of methoxy groups -OCH3 is 1. The van der Waals surface area contributed by atoms with E-state index in [4.69, 9.17) is 32.7 Å². The van der Waals surface area contributed by atoms with E-state index in [9.17, 15) is 5.11 Å². The van der Waals surface area contributed by atoms with Gasteiger partial charge in [0, 0.05) is 38.7 Å². The van der Waals surface area contributed by atoms with Gasteiger partial charge in [-0.15, -0.1) is 0 Å². The average Bonchev–Trinajstić information content (AvgIpc) is 2.56. The van der Waals surface area contributed by atoms with Gasteiger partial charge in [-0.3, -0.25) is 0 Å². The number of nitrogens with one attached hydrogen (secondary N) is 1. The Kier molecular flexibility index (Phi) is 7.84. The van der Waals surface area contributed by atoms with Gasteiger partial charge in [0.2, 0.25) is 0 Å². The van der Waals surface area contributed by atoms with Gasteiger partial charge in [0.1, 0.15) is 6.61 Å². The van der Waals surface area contributed by atoms with Crippen LogP contribution in [0.3, 0.4) is 0 Å². The van der Waals surface area contributed by atoms with E-state index in [0.29, 0.717) is 34.6 Å². The van der Waals surface area contributed by atoms with E-state index in [1.165, 1.54) is 0 Å². The summed E-state index contributed by atoms with van der Waals surface area (Å²) in [4.78, 5) is 0. The summed E-state index contributed by atoms with van der Waals surface area (Å²) >= 11 is 15.7. The van der Waals surface area contributed by atoms with Crippen molar-refractivity contribution in [2.24, 2.45) is 0 Å². The van der Waals surface area contributed by atoms with Crippen LogP contribution >= 0.6 is 39.1 Å². The first kappa shape index (κ1) is 20.3. The summed E-state index contributed by atoms with van der Waals surface area (Å²) in [6.07, 6.45) is -0.429. The van der Waals surface area contributed by atoms with E-state index >= 15 is 0 Å². The van der Waals surface area contributed by atoms with E-state index < -0.39 is 6.10 Å². The zero-order chi connectivity index (χ0) is 18.4. The molecule has 0 radical (unpaired) electrons. The van der Waals surface area contributed by atoms with Crippen LogP contribution in [0.15, 0.2) is 34.8 Å². The molecule has 0 saturated heterocycles. The quantitative estimate of drug-likeness (QED) is 0.608. The van der Waals surface area contributed by atoms with Crippen LogP contribution in [-0.4, -0.2) is 24.9 Å². The fourth-order valence-electron chi connectivity index (χ4n) is 2.26. The maximum absolute atomic E-state index is 9.42. The van der Waals surface area contributed by atoms with Crippen LogP contribution in [0.2, 0.25) is 10.0 Å². The molecule has 0 bridgehead atoms. The molecule has 0 aromatic heterocycles. The molecule has 0 aliphatic rings. The number of ether oxygens (including phenoxy) is 2. The Morgan fingerprint density at radius 1 is 1.24 bits per heavy atom. The SMILES string of the molecule is COc1ccc(Br)c(CNCC(C)O)c1OCc1ccc(Cl)cc1Cl. The Labute approximate surface area is 166 Å². The lowest BCUT2D eigenvalue weighted by molar-refractivity contribution is 0.190. The Bertz CT molecular complexity index is 726. The molecule has 2 rings (SSSR count). The second-order valence-electron chi connectivity index (χ2n) is 5.56. The highest BCUT2D eigenvalue weighted by atomic mass is 79.9. The van der Waals surface area contributed by atoms with Gasteiger partial charge in [0.25, 0.3) is 0 Å². The summed E-state index contributed by atoms with van der Waals surface area (Å²) in [5.74, 6) is 1.25. The molecule has 1 unspecified atom stereocenters. The summed E-state index contributed by atoms with van der Waals surface area (Å²) in [5.41, 5.74) is 1.74. The van der Waals surface area contributed by atoms with Crippen molar-refractivity contribution in [3.8, 4) is 11.5 Å². The fourth-order valence-corrected chi connectivity index (χ4v) is 3.18. The predicted molar refractivity (Wildman–Crippen MR) is 105 cm³/mol. The molecule has 0 spiro atoms. The number of halogens is 3. The van der Waals surface area contributed by atoms with Crippen LogP contribution in [-0.2, 0) is 13.2 Å². The number of hydrogen-bond donors (Lipinski definition) is 2. The minimum Gasteiger partial charge on any atom is -0.493 e. The number of benzene rings is 2. The lowest BCUT2D eigenvalue weighted by Gasteiger charge is -2.18. The van der Waals surface area contributed by atoms with E-state index in [-0.39, 0.29) is 6.61 Å². The number of aliphatic hydroxyl groups is 1. The molecule has 25 heavy (non-hydrogen) atoms. The third-order valence-electron chi connectivity index (χ3n) is 3.52. The third kappa shape index (κ3) is 5.76. The zero-order valence-electron chi connectivity index (χ0n) is 14.0. The molecule has 0 amide bonds. The molecule has 0 heterocycles. The first-order valence-electron chi connectivity index (χ1n) is 7.73. The Morgan fingerprint density at radius 2 is 2.00 bits per heavy atom. The van der Waals surface area contributed by atoms with Gasteiger partial charge in [-0.05, 0) is 31.2 Å². The number of aliphatic hydroxyl groups excluding tert-OH is 1. The monoisotopic (exact) mass is 447 g/mol. The van der Waals surface area contributed by atoms with Crippen molar-refractivity contribution in [2.45, 2.75) is 26.2 Å². The van der Waals surface area contributed by atoms with E-state index in [1.807, 2.05) is 18.2 Å². The molecule has 0 fully saturated rings.